The predicted octanol–water partition coefficient (Wildman–Crippen LogP) is 0.613. The minimum atomic E-state index is -2.16. The maximum absolute atomic E-state index is 11.4. The van der Waals surface area contributed by atoms with E-state index in [-0.39, 0.29) is 0 Å². The van der Waals surface area contributed by atoms with E-state index in [1.54, 1.807) is 0 Å². The fourth-order valence-electron chi connectivity index (χ4n) is 0.526. The van der Waals surface area contributed by atoms with Crippen molar-refractivity contribution in [2.75, 3.05) is 6.54 Å². The van der Waals surface area contributed by atoms with Crippen molar-refractivity contribution in [2.45, 2.75) is 18.9 Å². The highest BCUT2D eigenvalue weighted by Gasteiger charge is 2.25. The second-order valence-corrected chi connectivity index (χ2v) is 1.68. The SMILES string of the molecule is FC(F)[C@@H]1CCN1. The van der Waals surface area contributed by atoms with Gasteiger partial charge >= 0.3 is 0 Å². The van der Waals surface area contributed by atoms with Crippen LogP contribution in [0, 0.1) is 0 Å². The van der Waals surface area contributed by atoms with E-state index in [2.05, 4.69) is 5.32 Å². The maximum atomic E-state index is 11.4. The second kappa shape index (κ2) is 1.74. The highest BCUT2D eigenvalue weighted by atomic mass is 19.3. The van der Waals surface area contributed by atoms with Crippen molar-refractivity contribution in [3.05, 3.63) is 0 Å². The highest BCUT2D eigenvalue weighted by molar-refractivity contribution is 4.78. The Kier molecular flexibility index (Phi) is 1.23. The molecule has 1 heterocycles. The molecule has 7 heavy (non-hydrogen) atoms. The van der Waals surface area contributed by atoms with Gasteiger partial charge in [-0.3, -0.25) is 0 Å². The van der Waals surface area contributed by atoms with E-state index in [4.69, 9.17) is 0 Å². The Morgan fingerprint density at radius 1 is 1.57 bits per heavy atom. The molecule has 1 nitrogen and oxygen atoms in total. The Labute approximate surface area is 40.7 Å². The van der Waals surface area contributed by atoms with Crippen molar-refractivity contribution in [2.24, 2.45) is 0 Å². The highest BCUT2D eigenvalue weighted by Crippen LogP contribution is 2.10. The summed E-state index contributed by atoms with van der Waals surface area (Å²) in [6, 6.07) is -0.500. The molecule has 1 rings (SSSR count). The van der Waals surface area contributed by atoms with Crippen LogP contribution in [0.15, 0.2) is 0 Å². The summed E-state index contributed by atoms with van der Waals surface area (Å²) in [5.41, 5.74) is 0. The number of hydrogen-bond donors (Lipinski definition) is 1. The number of alkyl halides is 2. The lowest BCUT2D eigenvalue weighted by atomic mass is 10.1. The zero-order valence-corrected chi connectivity index (χ0v) is 3.82. The van der Waals surface area contributed by atoms with E-state index in [9.17, 15) is 8.78 Å². The van der Waals surface area contributed by atoms with Crippen molar-refractivity contribution in [3.63, 3.8) is 0 Å². The molecule has 0 unspecified atom stereocenters. The molecule has 0 spiro atoms. The van der Waals surface area contributed by atoms with E-state index >= 15 is 0 Å². The van der Waals surface area contributed by atoms with Crippen LogP contribution in [0.2, 0.25) is 0 Å². The van der Waals surface area contributed by atoms with Crippen LogP contribution >= 0.6 is 0 Å². The maximum Gasteiger partial charge on any atom is 0.253 e. The van der Waals surface area contributed by atoms with Gasteiger partial charge in [0.2, 0.25) is 0 Å². The molecule has 0 saturated carbocycles. The van der Waals surface area contributed by atoms with Crippen molar-refractivity contribution >= 4 is 0 Å². The van der Waals surface area contributed by atoms with Crippen LogP contribution in [-0.2, 0) is 0 Å². The van der Waals surface area contributed by atoms with Gasteiger partial charge in [0, 0.05) is 0 Å². The van der Waals surface area contributed by atoms with Crippen molar-refractivity contribution in [3.8, 4) is 0 Å². The van der Waals surface area contributed by atoms with E-state index < -0.39 is 12.5 Å². The average Bonchev–Trinajstić information content (AvgIpc) is 1.23. The summed E-state index contributed by atoms with van der Waals surface area (Å²) in [5, 5.41) is 2.59. The third-order valence-corrected chi connectivity index (χ3v) is 1.17. The number of rotatable bonds is 1. The summed E-state index contributed by atoms with van der Waals surface area (Å²) < 4.78 is 22.8. The van der Waals surface area contributed by atoms with Gasteiger partial charge in [-0.05, 0) is 13.0 Å². The summed E-state index contributed by atoms with van der Waals surface area (Å²) in [6.45, 7) is 0.759. The van der Waals surface area contributed by atoms with Gasteiger partial charge in [-0.25, -0.2) is 8.78 Å². The Balaban J connectivity index is 2.14. The lowest BCUT2D eigenvalue weighted by molar-refractivity contribution is 0.0677. The van der Waals surface area contributed by atoms with Crippen LogP contribution in [-0.4, -0.2) is 19.0 Å². The van der Waals surface area contributed by atoms with Gasteiger partial charge in [0.25, 0.3) is 6.43 Å². The average molecular weight is 107 g/mol. The first-order chi connectivity index (χ1) is 3.30. The third-order valence-electron chi connectivity index (χ3n) is 1.17. The Bertz CT molecular complexity index is 60.7. The molecule has 1 fully saturated rings. The van der Waals surface area contributed by atoms with Crippen LogP contribution in [0.4, 0.5) is 8.78 Å². The molecule has 0 aliphatic carbocycles. The monoisotopic (exact) mass is 107 g/mol. The molecule has 1 aliphatic rings. The molecule has 1 N–H and O–H groups in total. The van der Waals surface area contributed by atoms with Crippen molar-refractivity contribution < 1.29 is 8.78 Å². The third kappa shape index (κ3) is 0.881. The van der Waals surface area contributed by atoms with Crippen molar-refractivity contribution in [1.82, 2.24) is 5.32 Å². The van der Waals surface area contributed by atoms with Gasteiger partial charge < -0.3 is 5.32 Å². The number of nitrogens with one attached hydrogen (secondary N) is 1. The number of hydrogen-bond acceptors (Lipinski definition) is 1. The predicted molar refractivity (Wildman–Crippen MR) is 22.4 cm³/mol. The first-order valence-corrected chi connectivity index (χ1v) is 2.32. The van der Waals surface area contributed by atoms with Gasteiger partial charge in [0.1, 0.15) is 0 Å². The zero-order valence-electron chi connectivity index (χ0n) is 3.82. The zero-order chi connectivity index (χ0) is 5.28. The molecule has 0 aromatic rings. The first kappa shape index (κ1) is 4.97. The first-order valence-electron chi connectivity index (χ1n) is 2.32. The van der Waals surface area contributed by atoms with Crippen LogP contribution in [0.5, 0.6) is 0 Å². The van der Waals surface area contributed by atoms with Crippen LogP contribution in [0.3, 0.4) is 0 Å². The molecule has 0 amide bonds. The molecular formula is C4H7F2N. The largest absolute Gasteiger partial charge is 0.309 e. The Morgan fingerprint density at radius 2 is 2.14 bits per heavy atom. The number of halogens is 2. The summed E-state index contributed by atoms with van der Waals surface area (Å²) in [4.78, 5) is 0. The minimum absolute atomic E-state index is 0.500. The summed E-state index contributed by atoms with van der Waals surface area (Å²) in [5.74, 6) is 0. The summed E-state index contributed by atoms with van der Waals surface area (Å²) in [7, 11) is 0. The van der Waals surface area contributed by atoms with Crippen molar-refractivity contribution in [1.29, 1.82) is 0 Å². The molecule has 3 heteroatoms. The van der Waals surface area contributed by atoms with E-state index in [1.807, 2.05) is 0 Å². The fourth-order valence-corrected chi connectivity index (χ4v) is 0.526. The lowest BCUT2D eigenvalue weighted by Gasteiger charge is -2.26. The van der Waals surface area contributed by atoms with Gasteiger partial charge in [0.15, 0.2) is 0 Å². The van der Waals surface area contributed by atoms with Crippen LogP contribution in [0.1, 0.15) is 6.42 Å². The smallest absolute Gasteiger partial charge is 0.253 e. The van der Waals surface area contributed by atoms with Gasteiger partial charge in [-0.15, -0.1) is 0 Å². The molecule has 1 atom stereocenters. The molecule has 1 aliphatic heterocycles. The topological polar surface area (TPSA) is 12.0 Å². The lowest BCUT2D eigenvalue weighted by Crippen LogP contribution is -2.47. The molecular weight excluding hydrogens is 100 g/mol. The standard InChI is InChI=1S/C4H7F2N/c5-4(6)3-1-2-7-3/h3-4,7H,1-2H2/t3-/m0/s1. The molecule has 0 aromatic heterocycles. The van der Waals surface area contributed by atoms with E-state index in [0.717, 1.165) is 6.54 Å². The molecule has 0 radical (unpaired) electrons. The summed E-state index contributed by atoms with van der Waals surface area (Å²) in [6.07, 6.45) is -1.52. The van der Waals surface area contributed by atoms with E-state index in [1.165, 1.54) is 0 Å². The van der Waals surface area contributed by atoms with Crippen LogP contribution in [0.25, 0.3) is 0 Å². The second-order valence-electron chi connectivity index (χ2n) is 1.68. The molecule has 42 valence electrons. The molecule has 1 saturated heterocycles. The quantitative estimate of drug-likeness (QED) is 0.517. The Hall–Kier alpha value is -0.180. The van der Waals surface area contributed by atoms with Gasteiger partial charge in [-0.2, -0.15) is 0 Å². The van der Waals surface area contributed by atoms with Crippen LogP contribution < -0.4 is 5.32 Å². The fraction of sp³-hybridized carbons (Fsp3) is 1.00. The van der Waals surface area contributed by atoms with Gasteiger partial charge in [0.05, 0.1) is 6.04 Å². The van der Waals surface area contributed by atoms with Gasteiger partial charge in [-0.1, -0.05) is 0 Å². The van der Waals surface area contributed by atoms with E-state index in [0.29, 0.717) is 6.42 Å². The normalized spacial score (nSPS) is 30.4. The molecule has 0 bridgehead atoms. The molecule has 0 aromatic carbocycles. The minimum Gasteiger partial charge on any atom is -0.309 e. The Morgan fingerprint density at radius 3 is 2.14 bits per heavy atom. The summed E-state index contributed by atoms with van der Waals surface area (Å²) >= 11 is 0.